The van der Waals surface area contributed by atoms with Crippen LogP contribution in [0.5, 0.6) is 5.75 Å². The zero-order valence-corrected chi connectivity index (χ0v) is 19.7. The summed E-state index contributed by atoms with van der Waals surface area (Å²) in [6.45, 7) is 3.01. The molecule has 0 aliphatic rings. The van der Waals surface area contributed by atoms with Gasteiger partial charge in [-0.3, -0.25) is 0 Å². The SMILES string of the molecule is C#CC#CC#CC#CC#CC#CC#CC#Cc1ccc(OCCCCCCCCCC)cc1.O.[HH].[HH].[HH].[HH].[HH].[HH].[HH].[HH].[HH].[HH].[HH]. The Morgan fingerprint density at radius 2 is 1.06 bits per heavy atom. The van der Waals surface area contributed by atoms with Crippen LogP contribution in [-0.2, 0) is 0 Å². The van der Waals surface area contributed by atoms with Gasteiger partial charge < -0.3 is 10.2 Å². The summed E-state index contributed by atoms with van der Waals surface area (Å²) >= 11 is 0. The Labute approximate surface area is 222 Å². The third kappa shape index (κ3) is 18.2. The first-order chi connectivity index (χ1) is 16.4. The molecule has 1 rings (SSSR count). The van der Waals surface area contributed by atoms with E-state index in [0.29, 0.717) is 0 Å². The summed E-state index contributed by atoms with van der Waals surface area (Å²) in [5.41, 5.74) is 0.875. The smallest absolute Gasteiger partial charge is 0.119 e. The molecule has 0 saturated carbocycles. The number of unbranched alkanes of at least 4 members (excludes halogenated alkanes) is 7. The van der Waals surface area contributed by atoms with Crippen LogP contribution in [-0.4, -0.2) is 12.1 Å². The maximum absolute atomic E-state index is 5.80. The van der Waals surface area contributed by atoms with Gasteiger partial charge in [-0.25, -0.2) is 0 Å². The predicted octanol–water partition coefficient (Wildman–Crippen LogP) is 7.09. The van der Waals surface area contributed by atoms with Gasteiger partial charge in [0.05, 0.1) is 6.61 Å². The van der Waals surface area contributed by atoms with E-state index in [1.165, 1.54) is 44.9 Å². The van der Waals surface area contributed by atoms with Crippen molar-refractivity contribution in [3.63, 3.8) is 0 Å². The molecule has 0 aliphatic carbocycles. The first kappa shape index (κ1) is 29.5. The zero-order valence-electron chi connectivity index (χ0n) is 19.7. The second-order valence-electron chi connectivity index (χ2n) is 6.74. The van der Waals surface area contributed by atoms with Crippen LogP contribution < -0.4 is 4.74 Å². The van der Waals surface area contributed by atoms with Crippen LogP contribution in [0.25, 0.3) is 0 Å². The number of rotatable bonds is 10. The average molecular weight is 467 g/mol. The van der Waals surface area contributed by atoms with E-state index in [9.17, 15) is 0 Å². The first-order valence-corrected chi connectivity index (χ1v) is 11.1. The Hall–Kier alpha value is -4.54. The van der Waals surface area contributed by atoms with Gasteiger partial charge in [-0.05, 0) is 114 Å². The van der Waals surface area contributed by atoms with Crippen LogP contribution in [0.4, 0.5) is 0 Å². The van der Waals surface area contributed by atoms with Crippen LogP contribution in [0, 0.1) is 95.2 Å². The van der Waals surface area contributed by atoms with Crippen molar-refractivity contribution in [1.82, 2.24) is 0 Å². The standard InChI is InChI=1S/C32H26O.H2O.11H2/c1-3-5-7-9-11-13-14-15-16-17-18-19-21-23-25-31-26-28-32(29-27-31)33-30-24-22-20-12-10-8-6-4-2;;;;;;;;;;;;/h1,26-29H,4,6,8,10,12,20,22,24,30H2,2H3;1H2;11*1H. The van der Waals surface area contributed by atoms with E-state index in [1.807, 2.05) is 24.3 Å². The van der Waals surface area contributed by atoms with E-state index in [0.717, 1.165) is 24.3 Å². The molecule has 0 saturated heterocycles. The highest BCUT2D eigenvalue weighted by Crippen LogP contribution is 2.13. The van der Waals surface area contributed by atoms with Gasteiger partial charge in [0.2, 0.25) is 0 Å². The molecule has 1 aromatic rings. The highest BCUT2D eigenvalue weighted by molar-refractivity contribution is 5.47. The lowest BCUT2D eigenvalue weighted by molar-refractivity contribution is 0.304. The van der Waals surface area contributed by atoms with Crippen LogP contribution in [0.2, 0.25) is 0 Å². The van der Waals surface area contributed by atoms with Crippen molar-refractivity contribution < 1.29 is 25.9 Å². The second kappa shape index (κ2) is 23.1. The second-order valence-corrected chi connectivity index (χ2v) is 6.74. The summed E-state index contributed by atoms with van der Waals surface area (Å²) in [5, 5.41) is 0. The Balaban J connectivity index is -0.0000000907. The summed E-state index contributed by atoms with van der Waals surface area (Å²) in [6.07, 6.45) is 15.3. The molecule has 190 valence electrons. The molecule has 0 aromatic heterocycles. The molecule has 0 heterocycles. The molecule has 0 unspecified atom stereocenters. The van der Waals surface area contributed by atoms with Crippen LogP contribution >= 0.6 is 0 Å². The fourth-order valence-electron chi connectivity index (χ4n) is 2.54. The molecule has 34 heavy (non-hydrogen) atoms. The van der Waals surface area contributed by atoms with Gasteiger partial charge in [-0.15, -0.1) is 6.42 Å². The lowest BCUT2D eigenvalue weighted by Gasteiger charge is -2.06. The summed E-state index contributed by atoms with van der Waals surface area (Å²) in [7, 11) is 0. The maximum atomic E-state index is 5.80. The molecule has 1 aromatic carbocycles. The van der Waals surface area contributed by atoms with Crippen molar-refractivity contribution in [2.75, 3.05) is 6.61 Å². The van der Waals surface area contributed by atoms with Gasteiger partial charge >= 0.3 is 0 Å². The van der Waals surface area contributed by atoms with Gasteiger partial charge in [0.1, 0.15) is 5.75 Å². The molecule has 0 aliphatic heterocycles. The van der Waals surface area contributed by atoms with E-state index in [2.05, 4.69) is 95.7 Å². The molecular weight excluding hydrogens is 416 g/mol. The predicted molar refractivity (Wildman–Crippen MR) is 164 cm³/mol. The fourth-order valence-corrected chi connectivity index (χ4v) is 2.54. The van der Waals surface area contributed by atoms with Crippen molar-refractivity contribution >= 4 is 0 Å². The first-order valence-electron chi connectivity index (χ1n) is 11.1. The minimum atomic E-state index is 0. The van der Waals surface area contributed by atoms with E-state index in [4.69, 9.17) is 11.2 Å². The highest BCUT2D eigenvalue weighted by atomic mass is 16.5. The molecular formula is C32H50O2. The monoisotopic (exact) mass is 466 g/mol. The van der Waals surface area contributed by atoms with Gasteiger partial charge in [-0.2, -0.15) is 0 Å². The third-order valence-corrected chi connectivity index (χ3v) is 4.15. The van der Waals surface area contributed by atoms with Crippen molar-refractivity contribution in [3.05, 3.63) is 29.8 Å². The van der Waals surface area contributed by atoms with Crippen molar-refractivity contribution in [2.45, 2.75) is 58.3 Å². The Bertz CT molecular complexity index is 1250. The molecule has 0 fully saturated rings. The lowest BCUT2D eigenvalue weighted by Crippen LogP contribution is -1.97. The number of ether oxygens (including phenoxy) is 1. The quantitative estimate of drug-likeness (QED) is 0.268. The molecule has 2 N–H and O–H groups in total. The lowest BCUT2D eigenvalue weighted by atomic mass is 10.1. The van der Waals surface area contributed by atoms with E-state index in [1.54, 1.807) is 0 Å². The van der Waals surface area contributed by atoms with Crippen molar-refractivity contribution in [1.29, 1.82) is 0 Å². The molecule has 0 amide bonds. The summed E-state index contributed by atoms with van der Waals surface area (Å²) in [4.78, 5) is 0. The molecule has 0 atom stereocenters. The van der Waals surface area contributed by atoms with Gasteiger partial charge in [0, 0.05) is 21.3 Å². The summed E-state index contributed by atoms with van der Waals surface area (Å²) < 4.78 is 5.80. The number of hydrogen-bond acceptors (Lipinski definition) is 1. The summed E-state index contributed by atoms with van der Waals surface area (Å²) in [5.74, 6) is 39.1. The van der Waals surface area contributed by atoms with E-state index in [-0.39, 0.29) is 21.2 Å². The minimum Gasteiger partial charge on any atom is -0.494 e. The maximum Gasteiger partial charge on any atom is 0.119 e. The normalized spacial score (nSPS) is 7.29. The topological polar surface area (TPSA) is 40.7 Å². The Morgan fingerprint density at radius 1 is 0.618 bits per heavy atom. The largest absolute Gasteiger partial charge is 0.494 e. The molecule has 0 spiro atoms. The van der Waals surface area contributed by atoms with Crippen molar-refractivity contribution in [2.24, 2.45) is 0 Å². The van der Waals surface area contributed by atoms with Gasteiger partial charge in [0.25, 0.3) is 0 Å². The number of terminal acetylenes is 1. The summed E-state index contributed by atoms with van der Waals surface area (Å²) in [6, 6.07) is 7.72. The molecule has 0 radical (unpaired) electrons. The molecule has 2 nitrogen and oxygen atoms in total. The van der Waals surface area contributed by atoms with E-state index < -0.39 is 0 Å². The minimum absolute atomic E-state index is 0. The number of hydrogen-bond donors (Lipinski definition) is 0. The van der Waals surface area contributed by atoms with Crippen LogP contribution in [0.3, 0.4) is 0 Å². The van der Waals surface area contributed by atoms with E-state index >= 15 is 0 Å². The molecule has 2 heteroatoms. The van der Waals surface area contributed by atoms with Crippen molar-refractivity contribution in [3.8, 4) is 101 Å². The fraction of sp³-hybridized carbons (Fsp3) is 0.312. The van der Waals surface area contributed by atoms with Crippen LogP contribution in [0.1, 0.15) is 79.5 Å². The number of benzene rings is 1. The van der Waals surface area contributed by atoms with Crippen LogP contribution in [0.15, 0.2) is 24.3 Å². The average Bonchev–Trinajstić information content (AvgIpc) is 2.84. The highest BCUT2D eigenvalue weighted by Gasteiger charge is 1.95. The molecule has 0 bridgehead atoms. The van der Waals surface area contributed by atoms with Gasteiger partial charge in [0.15, 0.2) is 0 Å². The zero-order chi connectivity index (χ0) is 23.7. The Kier molecular flexibility index (Phi) is 20.0. The third-order valence-electron chi connectivity index (χ3n) is 4.15. The van der Waals surface area contributed by atoms with Gasteiger partial charge in [-0.1, -0.05) is 57.8 Å². The Morgan fingerprint density at radius 3 is 1.56 bits per heavy atom.